The van der Waals surface area contributed by atoms with Crippen LogP contribution in [0.2, 0.25) is 0 Å². The monoisotopic (exact) mass is 253 g/mol. The van der Waals surface area contributed by atoms with Crippen molar-refractivity contribution in [2.75, 3.05) is 7.11 Å². The van der Waals surface area contributed by atoms with Gasteiger partial charge in [-0.2, -0.15) is 5.26 Å². The Kier molecular flexibility index (Phi) is 4.04. The zero-order valence-electron chi connectivity index (χ0n) is 11.0. The third-order valence-electron chi connectivity index (χ3n) is 2.73. The van der Waals surface area contributed by atoms with E-state index < -0.39 is 0 Å². The van der Waals surface area contributed by atoms with Crippen molar-refractivity contribution in [1.29, 1.82) is 5.26 Å². The fourth-order valence-electron chi connectivity index (χ4n) is 1.81. The second kappa shape index (κ2) is 5.92. The van der Waals surface area contributed by atoms with Crippen molar-refractivity contribution >= 4 is 0 Å². The number of nitrogens with zero attached hydrogens (tertiary/aromatic N) is 1. The molecule has 0 aliphatic heterocycles. The molecule has 3 nitrogen and oxygen atoms in total. The first kappa shape index (κ1) is 13.0. The second-order valence-corrected chi connectivity index (χ2v) is 4.29. The van der Waals surface area contributed by atoms with Gasteiger partial charge in [0.05, 0.1) is 18.7 Å². The summed E-state index contributed by atoms with van der Waals surface area (Å²) in [5.41, 5.74) is 2.82. The number of hydrogen-bond donors (Lipinski definition) is 0. The standard InChI is InChI=1S/C16H15NO2/c1-12-4-3-5-13(6-12)11-19-16-8-14(10-17)7-15(9-16)18-2/h3-9H,11H2,1-2H3. The van der Waals surface area contributed by atoms with Crippen molar-refractivity contribution in [2.24, 2.45) is 0 Å². The third-order valence-corrected chi connectivity index (χ3v) is 2.73. The number of rotatable bonds is 4. The average molecular weight is 253 g/mol. The number of nitriles is 1. The van der Waals surface area contributed by atoms with Crippen LogP contribution in [0.5, 0.6) is 11.5 Å². The van der Waals surface area contributed by atoms with Gasteiger partial charge in [-0.15, -0.1) is 0 Å². The molecule has 0 heterocycles. The predicted molar refractivity (Wildman–Crippen MR) is 73.2 cm³/mol. The molecule has 0 saturated carbocycles. The summed E-state index contributed by atoms with van der Waals surface area (Å²) in [7, 11) is 1.57. The molecule has 0 amide bonds. The lowest BCUT2D eigenvalue weighted by atomic mass is 10.1. The molecule has 2 aromatic rings. The number of benzene rings is 2. The fraction of sp³-hybridized carbons (Fsp3) is 0.188. The number of methoxy groups -OCH3 is 1. The van der Waals surface area contributed by atoms with Gasteiger partial charge in [-0.05, 0) is 24.6 Å². The molecule has 0 radical (unpaired) electrons. The Morgan fingerprint density at radius 3 is 2.58 bits per heavy atom. The van der Waals surface area contributed by atoms with Gasteiger partial charge in [-0.25, -0.2) is 0 Å². The van der Waals surface area contributed by atoms with E-state index in [9.17, 15) is 0 Å². The highest BCUT2D eigenvalue weighted by Gasteiger charge is 2.03. The molecule has 96 valence electrons. The normalized spacial score (nSPS) is 9.74. The predicted octanol–water partition coefficient (Wildman–Crippen LogP) is 3.45. The van der Waals surface area contributed by atoms with E-state index in [1.807, 2.05) is 25.1 Å². The average Bonchev–Trinajstić information content (AvgIpc) is 2.44. The van der Waals surface area contributed by atoms with E-state index >= 15 is 0 Å². The highest BCUT2D eigenvalue weighted by molar-refractivity contribution is 5.43. The SMILES string of the molecule is COc1cc(C#N)cc(OCc2cccc(C)c2)c1. The van der Waals surface area contributed by atoms with Crippen LogP contribution in [0.15, 0.2) is 42.5 Å². The van der Waals surface area contributed by atoms with Crippen LogP contribution in [-0.2, 0) is 6.61 Å². The first-order valence-corrected chi connectivity index (χ1v) is 5.99. The van der Waals surface area contributed by atoms with Gasteiger partial charge in [-0.3, -0.25) is 0 Å². The van der Waals surface area contributed by atoms with E-state index in [0.717, 1.165) is 5.56 Å². The molecule has 3 heteroatoms. The first-order valence-electron chi connectivity index (χ1n) is 5.99. The summed E-state index contributed by atoms with van der Waals surface area (Å²) >= 11 is 0. The van der Waals surface area contributed by atoms with Crippen LogP contribution in [0.25, 0.3) is 0 Å². The van der Waals surface area contributed by atoms with Gasteiger partial charge >= 0.3 is 0 Å². The first-order chi connectivity index (χ1) is 9.21. The molecule has 0 N–H and O–H groups in total. The molecule has 19 heavy (non-hydrogen) atoms. The zero-order chi connectivity index (χ0) is 13.7. The zero-order valence-corrected chi connectivity index (χ0v) is 11.0. The van der Waals surface area contributed by atoms with Gasteiger partial charge in [0.25, 0.3) is 0 Å². The van der Waals surface area contributed by atoms with E-state index in [2.05, 4.69) is 12.1 Å². The molecule has 2 aromatic carbocycles. The summed E-state index contributed by atoms with van der Waals surface area (Å²) < 4.78 is 10.8. The van der Waals surface area contributed by atoms with Gasteiger partial charge < -0.3 is 9.47 Å². The summed E-state index contributed by atoms with van der Waals surface area (Å²) in [4.78, 5) is 0. The summed E-state index contributed by atoms with van der Waals surface area (Å²) in [6.45, 7) is 2.52. The largest absolute Gasteiger partial charge is 0.497 e. The van der Waals surface area contributed by atoms with Crippen LogP contribution in [0, 0.1) is 18.3 Å². The maximum Gasteiger partial charge on any atom is 0.124 e. The van der Waals surface area contributed by atoms with Gasteiger partial charge in [0, 0.05) is 6.07 Å². The molecule has 0 atom stereocenters. The van der Waals surface area contributed by atoms with Crippen LogP contribution in [-0.4, -0.2) is 7.11 Å². The van der Waals surface area contributed by atoms with Gasteiger partial charge in [0.1, 0.15) is 18.1 Å². The molecule has 0 spiro atoms. The Hall–Kier alpha value is -2.47. The highest BCUT2D eigenvalue weighted by Crippen LogP contribution is 2.23. The summed E-state index contributed by atoms with van der Waals surface area (Å²) in [6.07, 6.45) is 0. The lowest BCUT2D eigenvalue weighted by Gasteiger charge is -2.09. The number of ether oxygens (including phenoxy) is 2. The lowest BCUT2D eigenvalue weighted by molar-refractivity contribution is 0.303. The summed E-state index contributed by atoms with van der Waals surface area (Å²) in [6, 6.07) is 15.4. The minimum atomic E-state index is 0.472. The van der Waals surface area contributed by atoms with Gasteiger partial charge in [-0.1, -0.05) is 29.8 Å². The molecular formula is C16H15NO2. The van der Waals surface area contributed by atoms with Crippen molar-refractivity contribution in [3.05, 3.63) is 59.2 Å². The van der Waals surface area contributed by atoms with Crippen LogP contribution in [0.3, 0.4) is 0 Å². The van der Waals surface area contributed by atoms with E-state index in [1.54, 1.807) is 25.3 Å². The van der Waals surface area contributed by atoms with Crippen molar-refractivity contribution in [3.63, 3.8) is 0 Å². The maximum absolute atomic E-state index is 8.94. The van der Waals surface area contributed by atoms with Crippen molar-refractivity contribution < 1.29 is 9.47 Å². The molecule has 0 saturated heterocycles. The Morgan fingerprint density at radius 2 is 1.89 bits per heavy atom. The van der Waals surface area contributed by atoms with Gasteiger partial charge in [0.15, 0.2) is 0 Å². The van der Waals surface area contributed by atoms with Crippen LogP contribution in [0.1, 0.15) is 16.7 Å². The Balaban J connectivity index is 2.13. The number of hydrogen-bond acceptors (Lipinski definition) is 3. The fourth-order valence-corrected chi connectivity index (χ4v) is 1.81. The van der Waals surface area contributed by atoms with Gasteiger partial charge in [0.2, 0.25) is 0 Å². The van der Waals surface area contributed by atoms with Crippen molar-refractivity contribution in [3.8, 4) is 17.6 Å². The van der Waals surface area contributed by atoms with E-state index in [4.69, 9.17) is 14.7 Å². The quantitative estimate of drug-likeness (QED) is 0.838. The summed E-state index contributed by atoms with van der Waals surface area (Å²) in [5.74, 6) is 1.26. The molecule has 0 bridgehead atoms. The molecule has 2 rings (SSSR count). The van der Waals surface area contributed by atoms with Crippen LogP contribution < -0.4 is 9.47 Å². The number of aryl methyl sites for hydroxylation is 1. The van der Waals surface area contributed by atoms with Crippen LogP contribution >= 0.6 is 0 Å². The maximum atomic E-state index is 8.94. The second-order valence-electron chi connectivity index (χ2n) is 4.29. The molecule has 0 aliphatic rings. The minimum Gasteiger partial charge on any atom is -0.497 e. The van der Waals surface area contributed by atoms with E-state index in [0.29, 0.717) is 23.7 Å². The molecule has 0 aromatic heterocycles. The Labute approximate surface area is 113 Å². The van der Waals surface area contributed by atoms with Crippen LogP contribution in [0.4, 0.5) is 0 Å². The molecule has 0 fully saturated rings. The highest BCUT2D eigenvalue weighted by atomic mass is 16.5. The Bertz CT molecular complexity index is 614. The molecule has 0 unspecified atom stereocenters. The lowest BCUT2D eigenvalue weighted by Crippen LogP contribution is -1.96. The van der Waals surface area contributed by atoms with E-state index in [1.165, 1.54) is 5.56 Å². The van der Waals surface area contributed by atoms with Crippen molar-refractivity contribution in [2.45, 2.75) is 13.5 Å². The molecular weight excluding hydrogens is 238 g/mol. The third kappa shape index (κ3) is 3.49. The minimum absolute atomic E-state index is 0.472. The topological polar surface area (TPSA) is 42.2 Å². The smallest absolute Gasteiger partial charge is 0.124 e. The van der Waals surface area contributed by atoms with Crippen molar-refractivity contribution in [1.82, 2.24) is 0 Å². The summed E-state index contributed by atoms with van der Waals surface area (Å²) in [5, 5.41) is 8.94. The van der Waals surface area contributed by atoms with E-state index in [-0.39, 0.29) is 0 Å². The Morgan fingerprint density at radius 1 is 1.11 bits per heavy atom. The molecule has 0 aliphatic carbocycles.